The third-order valence-corrected chi connectivity index (χ3v) is 5.83. The summed E-state index contributed by atoms with van der Waals surface area (Å²) >= 11 is 0. The number of nitrogens with zero attached hydrogens (tertiary/aromatic N) is 1. The van der Waals surface area contributed by atoms with Crippen molar-refractivity contribution in [1.29, 1.82) is 0 Å². The van der Waals surface area contributed by atoms with Crippen LogP contribution >= 0.6 is 0 Å². The Hall–Kier alpha value is -1.82. The molecular weight excluding hydrogens is 346 g/mol. The molecule has 3 rings (SSSR count). The van der Waals surface area contributed by atoms with Gasteiger partial charge in [-0.15, -0.1) is 0 Å². The van der Waals surface area contributed by atoms with Gasteiger partial charge in [-0.25, -0.2) is 8.78 Å². The zero-order valence-electron chi connectivity index (χ0n) is 16.1. The fourth-order valence-corrected chi connectivity index (χ4v) is 3.82. The van der Waals surface area contributed by atoms with E-state index in [0.29, 0.717) is 6.54 Å². The Kier molecular flexibility index (Phi) is 5.94. The highest BCUT2D eigenvalue weighted by Crippen LogP contribution is 2.36. The second-order valence-corrected chi connectivity index (χ2v) is 7.84. The van der Waals surface area contributed by atoms with Crippen LogP contribution in [0.2, 0.25) is 0 Å². The van der Waals surface area contributed by atoms with Crippen LogP contribution < -0.4 is 5.32 Å². The van der Waals surface area contributed by atoms with Gasteiger partial charge in [0.2, 0.25) is 0 Å². The van der Waals surface area contributed by atoms with E-state index in [-0.39, 0.29) is 29.6 Å². The number of benzene rings is 2. The van der Waals surface area contributed by atoms with Crippen LogP contribution in [-0.2, 0) is 0 Å². The molecule has 2 aromatic rings. The van der Waals surface area contributed by atoms with Crippen molar-refractivity contribution in [3.05, 3.63) is 71.3 Å². The standard InChI is InChI=1S/C22H28F2N2O/c1-15(2)22(3,27)20-14-25-12-13-26(20)21(16-4-8-18(23)9-5-16)17-6-10-19(24)11-7-17/h4-11,15,20-21,25,27H,12-14H2,1-3H3. The molecular formula is C22H28F2N2O. The number of aliphatic hydroxyl groups is 1. The van der Waals surface area contributed by atoms with E-state index >= 15 is 0 Å². The fraction of sp³-hybridized carbons (Fsp3) is 0.455. The molecule has 1 aliphatic heterocycles. The molecule has 2 unspecified atom stereocenters. The van der Waals surface area contributed by atoms with E-state index in [2.05, 4.69) is 10.2 Å². The maximum atomic E-state index is 13.5. The third-order valence-electron chi connectivity index (χ3n) is 5.83. The lowest BCUT2D eigenvalue weighted by Crippen LogP contribution is -2.63. The Morgan fingerprint density at radius 1 is 1.00 bits per heavy atom. The maximum absolute atomic E-state index is 13.5. The molecule has 1 fully saturated rings. The van der Waals surface area contributed by atoms with Crippen molar-refractivity contribution in [2.24, 2.45) is 5.92 Å². The minimum atomic E-state index is -0.911. The highest BCUT2D eigenvalue weighted by Gasteiger charge is 2.43. The predicted octanol–water partition coefficient (Wildman–Crippen LogP) is 3.74. The van der Waals surface area contributed by atoms with Crippen molar-refractivity contribution < 1.29 is 13.9 Å². The molecule has 2 atom stereocenters. The molecule has 0 aromatic heterocycles. The normalized spacial score (nSPS) is 20.8. The van der Waals surface area contributed by atoms with Gasteiger partial charge in [-0.05, 0) is 48.2 Å². The van der Waals surface area contributed by atoms with Crippen molar-refractivity contribution in [2.45, 2.75) is 38.5 Å². The van der Waals surface area contributed by atoms with E-state index in [1.807, 2.05) is 20.8 Å². The third kappa shape index (κ3) is 4.21. The Morgan fingerprint density at radius 2 is 1.48 bits per heavy atom. The summed E-state index contributed by atoms with van der Waals surface area (Å²) in [5.74, 6) is -0.516. The van der Waals surface area contributed by atoms with E-state index < -0.39 is 5.60 Å². The Balaban J connectivity index is 2.07. The lowest BCUT2D eigenvalue weighted by molar-refractivity contribution is -0.0825. The first kappa shape index (κ1) is 19.9. The summed E-state index contributed by atoms with van der Waals surface area (Å²) in [7, 11) is 0. The van der Waals surface area contributed by atoms with Crippen molar-refractivity contribution in [1.82, 2.24) is 10.2 Å². The number of piperazine rings is 1. The minimum absolute atomic E-state index is 0.0620. The molecule has 0 spiro atoms. The molecule has 1 heterocycles. The second-order valence-electron chi connectivity index (χ2n) is 7.84. The summed E-state index contributed by atoms with van der Waals surface area (Å²) in [5.41, 5.74) is 0.940. The molecule has 0 aliphatic carbocycles. The van der Waals surface area contributed by atoms with Crippen LogP contribution in [0.3, 0.4) is 0 Å². The molecule has 3 nitrogen and oxygen atoms in total. The number of hydrogen-bond acceptors (Lipinski definition) is 3. The van der Waals surface area contributed by atoms with Gasteiger partial charge in [0.1, 0.15) is 11.6 Å². The number of hydrogen-bond donors (Lipinski definition) is 2. The van der Waals surface area contributed by atoms with Crippen LogP contribution in [0, 0.1) is 17.6 Å². The zero-order valence-corrected chi connectivity index (χ0v) is 16.1. The van der Waals surface area contributed by atoms with Gasteiger partial charge < -0.3 is 10.4 Å². The first-order chi connectivity index (χ1) is 12.8. The predicted molar refractivity (Wildman–Crippen MR) is 103 cm³/mol. The molecule has 27 heavy (non-hydrogen) atoms. The van der Waals surface area contributed by atoms with Gasteiger partial charge in [0.25, 0.3) is 0 Å². The Labute approximate surface area is 160 Å². The van der Waals surface area contributed by atoms with Crippen LogP contribution in [-0.4, -0.2) is 41.3 Å². The number of nitrogens with one attached hydrogen (secondary N) is 1. The van der Waals surface area contributed by atoms with Crippen LogP contribution in [0.1, 0.15) is 37.9 Å². The van der Waals surface area contributed by atoms with Crippen LogP contribution in [0.25, 0.3) is 0 Å². The van der Waals surface area contributed by atoms with Gasteiger partial charge in [-0.3, -0.25) is 4.90 Å². The van der Waals surface area contributed by atoms with E-state index in [0.717, 1.165) is 24.2 Å². The maximum Gasteiger partial charge on any atom is 0.123 e. The van der Waals surface area contributed by atoms with Crippen LogP contribution in [0.5, 0.6) is 0 Å². The summed E-state index contributed by atoms with van der Waals surface area (Å²) in [6.45, 7) is 8.07. The molecule has 0 radical (unpaired) electrons. The SMILES string of the molecule is CC(C)C(C)(O)C1CNCCN1C(c1ccc(F)cc1)c1ccc(F)cc1. The quantitative estimate of drug-likeness (QED) is 0.837. The second kappa shape index (κ2) is 8.05. The average Bonchev–Trinajstić information content (AvgIpc) is 2.65. The van der Waals surface area contributed by atoms with Crippen molar-refractivity contribution in [3.63, 3.8) is 0 Å². The first-order valence-electron chi connectivity index (χ1n) is 9.50. The molecule has 1 saturated heterocycles. The van der Waals surface area contributed by atoms with E-state index in [4.69, 9.17) is 0 Å². The fourth-order valence-electron chi connectivity index (χ4n) is 3.82. The summed E-state index contributed by atoms with van der Waals surface area (Å²) in [4.78, 5) is 2.26. The molecule has 2 N–H and O–H groups in total. The molecule has 0 bridgehead atoms. The zero-order chi connectivity index (χ0) is 19.6. The van der Waals surface area contributed by atoms with Gasteiger partial charge in [-0.2, -0.15) is 0 Å². The Morgan fingerprint density at radius 3 is 1.93 bits per heavy atom. The average molecular weight is 374 g/mol. The van der Waals surface area contributed by atoms with Crippen LogP contribution in [0.4, 0.5) is 8.78 Å². The van der Waals surface area contributed by atoms with E-state index in [9.17, 15) is 13.9 Å². The minimum Gasteiger partial charge on any atom is -0.388 e. The highest BCUT2D eigenvalue weighted by atomic mass is 19.1. The molecule has 0 amide bonds. The van der Waals surface area contributed by atoms with Crippen molar-refractivity contribution in [2.75, 3.05) is 19.6 Å². The van der Waals surface area contributed by atoms with Crippen molar-refractivity contribution >= 4 is 0 Å². The summed E-state index contributed by atoms with van der Waals surface area (Å²) in [5, 5.41) is 14.6. The van der Waals surface area contributed by atoms with Gasteiger partial charge >= 0.3 is 0 Å². The first-order valence-corrected chi connectivity index (χ1v) is 9.50. The van der Waals surface area contributed by atoms with Gasteiger partial charge in [0, 0.05) is 19.6 Å². The smallest absolute Gasteiger partial charge is 0.123 e. The van der Waals surface area contributed by atoms with Gasteiger partial charge in [-0.1, -0.05) is 38.1 Å². The summed E-state index contributed by atoms with van der Waals surface area (Å²) < 4.78 is 27.0. The molecule has 0 saturated carbocycles. The van der Waals surface area contributed by atoms with Gasteiger partial charge in [0.05, 0.1) is 17.7 Å². The van der Waals surface area contributed by atoms with E-state index in [1.54, 1.807) is 24.3 Å². The molecule has 1 aliphatic rings. The number of halogens is 2. The topological polar surface area (TPSA) is 35.5 Å². The summed E-state index contributed by atoms with van der Waals surface area (Å²) in [6, 6.07) is 12.5. The number of rotatable bonds is 5. The Bertz CT molecular complexity index is 698. The molecule has 146 valence electrons. The lowest BCUT2D eigenvalue weighted by Gasteiger charge is -2.49. The van der Waals surface area contributed by atoms with Gasteiger partial charge in [0.15, 0.2) is 0 Å². The lowest BCUT2D eigenvalue weighted by atomic mass is 9.81. The largest absolute Gasteiger partial charge is 0.388 e. The van der Waals surface area contributed by atoms with E-state index in [1.165, 1.54) is 24.3 Å². The summed E-state index contributed by atoms with van der Waals surface area (Å²) in [6.07, 6.45) is 0. The van der Waals surface area contributed by atoms with Crippen LogP contribution in [0.15, 0.2) is 48.5 Å². The highest BCUT2D eigenvalue weighted by molar-refractivity contribution is 5.33. The molecule has 5 heteroatoms. The monoisotopic (exact) mass is 374 g/mol. The molecule has 2 aromatic carbocycles. The van der Waals surface area contributed by atoms with Crippen molar-refractivity contribution in [3.8, 4) is 0 Å².